The lowest BCUT2D eigenvalue weighted by molar-refractivity contribution is -0.139. The molecule has 1 aromatic heterocycles. The number of hydrogen-bond donors (Lipinski definition) is 0. The van der Waals surface area contributed by atoms with Crippen LogP contribution in [0.4, 0.5) is 5.69 Å². The number of carbonyl (C=O) groups excluding carboxylic acids is 2. The predicted molar refractivity (Wildman–Crippen MR) is 80.8 cm³/mol. The van der Waals surface area contributed by atoms with E-state index in [1.807, 2.05) is 32.0 Å². The fraction of sp³-hybridized carbons (Fsp3) is 0.294. The predicted octanol–water partition coefficient (Wildman–Crippen LogP) is 2.86. The number of hydrogen-bond acceptors (Lipinski definition) is 4. The van der Waals surface area contributed by atoms with E-state index in [-0.39, 0.29) is 17.6 Å². The number of benzene rings is 1. The minimum Gasteiger partial charge on any atom is -0.464 e. The zero-order valence-electron chi connectivity index (χ0n) is 12.5. The van der Waals surface area contributed by atoms with Gasteiger partial charge in [0.1, 0.15) is 6.04 Å². The van der Waals surface area contributed by atoms with Crippen molar-refractivity contribution >= 4 is 17.6 Å². The van der Waals surface area contributed by atoms with E-state index in [1.54, 1.807) is 12.1 Å². The molecule has 0 N–H and O–H groups in total. The second-order valence-electron chi connectivity index (χ2n) is 5.39. The summed E-state index contributed by atoms with van der Waals surface area (Å²) in [5, 5.41) is 0. The Hall–Kier alpha value is -2.56. The number of carbonyl (C=O) groups is 2. The Balaban J connectivity index is 2.04. The second kappa shape index (κ2) is 5.67. The molecule has 5 nitrogen and oxygen atoms in total. The summed E-state index contributed by atoms with van der Waals surface area (Å²) in [5.41, 5.74) is 2.86. The molecule has 1 atom stereocenters. The van der Waals surface area contributed by atoms with Crippen molar-refractivity contribution in [2.24, 2.45) is 0 Å². The van der Waals surface area contributed by atoms with Crippen molar-refractivity contribution in [2.75, 3.05) is 11.5 Å². The zero-order chi connectivity index (χ0) is 15.7. The van der Waals surface area contributed by atoms with E-state index in [9.17, 15) is 9.59 Å². The smallest absolute Gasteiger partial charge is 0.329 e. The van der Waals surface area contributed by atoms with Crippen molar-refractivity contribution in [1.29, 1.82) is 0 Å². The number of amides is 1. The molecule has 0 spiro atoms. The SMILES string of the molecule is Cc1ccc(N(C(=O)c2ccco2)C2CCOC2=O)cc1C. The number of anilines is 1. The van der Waals surface area contributed by atoms with Crippen LogP contribution in [0.1, 0.15) is 28.1 Å². The maximum absolute atomic E-state index is 12.8. The van der Waals surface area contributed by atoms with Crippen molar-refractivity contribution in [2.45, 2.75) is 26.3 Å². The fourth-order valence-electron chi connectivity index (χ4n) is 2.55. The lowest BCUT2D eigenvalue weighted by atomic mass is 10.1. The van der Waals surface area contributed by atoms with Crippen molar-refractivity contribution < 1.29 is 18.7 Å². The minimum absolute atomic E-state index is 0.206. The van der Waals surface area contributed by atoms with E-state index in [0.29, 0.717) is 18.7 Å². The first-order valence-electron chi connectivity index (χ1n) is 7.19. The Morgan fingerprint density at radius 3 is 2.64 bits per heavy atom. The highest BCUT2D eigenvalue weighted by atomic mass is 16.5. The van der Waals surface area contributed by atoms with Gasteiger partial charge < -0.3 is 9.15 Å². The first-order valence-corrected chi connectivity index (χ1v) is 7.19. The summed E-state index contributed by atoms with van der Waals surface area (Å²) in [6.45, 7) is 4.30. The van der Waals surface area contributed by atoms with Gasteiger partial charge in [0, 0.05) is 12.1 Å². The number of furan rings is 1. The Morgan fingerprint density at radius 2 is 2.05 bits per heavy atom. The number of aryl methyl sites for hydroxylation is 2. The largest absolute Gasteiger partial charge is 0.464 e. The molecule has 1 amide bonds. The van der Waals surface area contributed by atoms with Crippen molar-refractivity contribution in [1.82, 2.24) is 0 Å². The molecule has 0 aliphatic carbocycles. The van der Waals surface area contributed by atoms with Crippen LogP contribution >= 0.6 is 0 Å². The Labute approximate surface area is 128 Å². The number of cyclic esters (lactones) is 1. The Morgan fingerprint density at radius 1 is 1.23 bits per heavy atom. The molecule has 1 saturated heterocycles. The van der Waals surface area contributed by atoms with Crippen LogP contribution < -0.4 is 4.90 Å². The number of nitrogens with zero attached hydrogens (tertiary/aromatic N) is 1. The molecule has 2 heterocycles. The minimum atomic E-state index is -0.611. The van der Waals surface area contributed by atoms with Crippen LogP contribution in [0.3, 0.4) is 0 Å². The first kappa shape index (κ1) is 14.4. The average Bonchev–Trinajstić information content (AvgIpc) is 3.15. The highest BCUT2D eigenvalue weighted by Crippen LogP contribution is 2.27. The van der Waals surface area contributed by atoms with Crippen LogP contribution in [0.2, 0.25) is 0 Å². The molecule has 2 aromatic rings. The summed E-state index contributed by atoms with van der Waals surface area (Å²) in [7, 11) is 0. The van der Waals surface area contributed by atoms with Gasteiger partial charge in [0.15, 0.2) is 5.76 Å². The van der Waals surface area contributed by atoms with E-state index < -0.39 is 6.04 Å². The Kier molecular flexibility index (Phi) is 3.71. The van der Waals surface area contributed by atoms with Gasteiger partial charge in [-0.05, 0) is 49.2 Å². The molecule has 0 bridgehead atoms. The summed E-state index contributed by atoms with van der Waals surface area (Å²) in [6.07, 6.45) is 1.93. The van der Waals surface area contributed by atoms with Crippen LogP contribution in [-0.2, 0) is 9.53 Å². The highest BCUT2D eigenvalue weighted by Gasteiger charge is 2.37. The van der Waals surface area contributed by atoms with Gasteiger partial charge in [0.2, 0.25) is 0 Å². The third kappa shape index (κ3) is 2.50. The molecule has 5 heteroatoms. The maximum Gasteiger partial charge on any atom is 0.329 e. The van der Waals surface area contributed by atoms with Crippen molar-refractivity contribution in [3.05, 3.63) is 53.5 Å². The lowest BCUT2D eigenvalue weighted by Crippen LogP contribution is -2.43. The normalized spacial score (nSPS) is 17.4. The molecule has 1 fully saturated rings. The zero-order valence-corrected chi connectivity index (χ0v) is 12.5. The van der Waals surface area contributed by atoms with Gasteiger partial charge in [0.25, 0.3) is 5.91 Å². The van der Waals surface area contributed by atoms with E-state index in [2.05, 4.69) is 0 Å². The molecule has 0 saturated carbocycles. The third-order valence-electron chi connectivity index (χ3n) is 3.94. The highest BCUT2D eigenvalue weighted by molar-refractivity contribution is 6.08. The number of rotatable bonds is 3. The summed E-state index contributed by atoms with van der Waals surface area (Å²) >= 11 is 0. The molecule has 1 aromatic carbocycles. The summed E-state index contributed by atoms with van der Waals surface area (Å²) in [5.74, 6) is -0.506. The van der Waals surface area contributed by atoms with E-state index in [0.717, 1.165) is 11.1 Å². The molecule has 22 heavy (non-hydrogen) atoms. The van der Waals surface area contributed by atoms with Crippen molar-refractivity contribution in [3.63, 3.8) is 0 Å². The quantitative estimate of drug-likeness (QED) is 0.818. The van der Waals surface area contributed by atoms with Crippen LogP contribution in [0.5, 0.6) is 0 Å². The standard InChI is InChI=1S/C17H17NO4/c1-11-5-6-13(10-12(11)2)18(14-7-9-22-17(14)20)16(19)15-4-3-8-21-15/h3-6,8,10,14H,7,9H2,1-2H3. The average molecular weight is 299 g/mol. The van der Waals surface area contributed by atoms with Crippen molar-refractivity contribution in [3.8, 4) is 0 Å². The van der Waals surface area contributed by atoms with Gasteiger partial charge in [0.05, 0.1) is 12.9 Å². The van der Waals surface area contributed by atoms with Crippen LogP contribution in [0.15, 0.2) is 41.0 Å². The molecule has 3 rings (SSSR count). The maximum atomic E-state index is 12.8. The Bertz CT molecular complexity index is 705. The third-order valence-corrected chi connectivity index (χ3v) is 3.94. The molecule has 1 unspecified atom stereocenters. The molecule has 1 aliphatic rings. The van der Waals surface area contributed by atoms with E-state index in [4.69, 9.17) is 9.15 Å². The summed E-state index contributed by atoms with van der Waals surface area (Å²) in [4.78, 5) is 26.2. The van der Waals surface area contributed by atoms with Gasteiger partial charge in [-0.2, -0.15) is 0 Å². The van der Waals surface area contributed by atoms with E-state index in [1.165, 1.54) is 11.2 Å². The molecular formula is C17H17NO4. The molecular weight excluding hydrogens is 282 g/mol. The first-order chi connectivity index (χ1) is 10.6. The van der Waals surface area contributed by atoms with Gasteiger partial charge in [-0.1, -0.05) is 6.07 Å². The topological polar surface area (TPSA) is 59.8 Å². The van der Waals surface area contributed by atoms with Crippen LogP contribution in [-0.4, -0.2) is 24.5 Å². The van der Waals surface area contributed by atoms with Gasteiger partial charge >= 0.3 is 5.97 Å². The monoisotopic (exact) mass is 299 g/mol. The van der Waals surface area contributed by atoms with Gasteiger partial charge in [-0.15, -0.1) is 0 Å². The van der Waals surface area contributed by atoms with Gasteiger partial charge in [-0.25, -0.2) is 4.79 Å². The van der Waals surface area contributed by atoms with Crippen LogP contribution in [0.25, 0.3) is 0 Å². The summed E-state index contributed by atoms with van der Waals surface area (Å²) in [6, 6.07) is 8.32. The van der Waals surface area contributed by atoms with E-state index >= 15 is 0 Å². The lowest BCUT2D eigenvalue weighted by Gasteiger charge is -2.26. The number of esters is 1. The van der Waals surface area contributed by atoms with Gasteiger partial charge in [-0.3, -0.25) is 9.69 Å². The second-order valence-corrected chi connectivity index (χ2v) is 5.39. The molecule has 1 aliphatic heterocycles. The summed E-state index contributed by atoms with van der Waals surface area (Å²) < 4.78 is 10.2. The molecule has 114 valence electrons. The number of ether oxygens (including phenoxy) is 1. The fourth-order valence-corrected chi connectivity index (χ4v) is 2.55. The molecule has 0 radical (unpaired) electrons. The van der Waals surface area contributed by atoms with Crippen LogP contribution in [0, 0.1) is 13.8 Å².